The minimum atomic E-state index is -4.03. The molecule has 1 atom stereocenters. The number of hydrogen-bond acceptors (Lipinski definition) is 5. The highest BCUT2D eigenvalue weighted by Crippen LogP contribution is 2.37. The third-order valence-electron chi connectivity index (χ3n) is 3.46. The first-order chi connectivity index (χ1) is 10.5. The SMILES string of the molecule is COc1ccc2c(c1)C(=O)C(O)N2S(=O)(=O)c1ccccc1. The molecule has 0 aliphatic carbocycles. The largest absolute Gasteiger partial charge is 0.497 e. The lowest BCUT2D eigenvalue weighted by Gasteiger charge is -2.22. The number of anilines is 1. The molecule has 2 aromatic carbocycles. The van der Waals surface area contributed by atoms with Crippen LogP contribution in [0.25, 0.3) is 0 Å². The maximum absolute atomic E-state index is 12.7. The first-order valence-electron chi connectivity index (χ1n) is 6.46. The Morgan fingerprint density at radius 2 is 1.82 bits per heavy atom. The molecule has 0 amide bonds. The quantitative estimate of drug-likeness (QED) is 0.924. The van der Waals surface area contributed by atoms with E-state index in [0.29, 0.717) is 5.75 Å². The molecule has 1 heterocycles. The number of aliphatic hydroxyl groups is 1. The number of ether oxygens (including phenoxy) is 1. The van der Waals surface area contributed by atoms with Crippen molar-refractivity contribution in [2.24, 2.45) is 0 Å². The number of methoxy groups -OCH3 is 1. The number of Topliss-reactive ketones (excluding diaryl/α,β-unsaturated/α-hetero) is 1. The lowest BCUT2D eigenvalue weighted by molar-refractivity contribution is 0.0792. The van der Waals surface area contributed by atoms with E-state index in [-0.39, 0.29) is 16.1 Å². The normalized spacial score (nSPS) is 17.5. The van der Waals surface area contributed by atoms with Crippen molar-refractivity contribution in [2.45, 2.75) is 11.1 Å². The highest BCUT2D eigenvalue weighted by atomic mass is 32.2. The fourth-order valence-corrected chi connectivity index (χ4v) is 3.88. The molecule has 0 saturated carbocycles. The molecule has 3 rings (SSSR count). The zero-order valence-corrected chi connectivity index (χ0v) is 12.4. The van der Waals surface area contributed by atoms with Crippen molar-refractivity contribution in [3.05, 3.63) is 54.1 Å². The number of carbonyl (C=O) groups excluding carboxylic acids is 1. The zero-order valence-electron chi connectivity index (χ0n) is 11.6. The Hall–Kier alpha value is -2.38. The molecular weight excluding hydrogens is 306 g/mol. The second-order valence-corrected chi connectivity index (χ2v) is 6.55. The summed E-state index contributed by atoms with van der Waals surface area (Å²) in [6.45, 7) is 0. The summed E-state index contributed by atoms with van der Waals surface area (Å²) in [5.74, 6) is -0.258. The lowest BCUT2D eigenvalue weighted by atomic mass is 10.1. The van der Waals surface area contributed by atoms with Crippen molar-refractivity contribution < 1.29 is 23.1 Å². The lowest BCUT2D eigenvalue weighted by Crippen LogP contribution is -2.39. The Morgan fingerprint density at radius 1 is 1.14 bits per heavy atom. The van der Waals surface area contributed by atoms with Gasteiger partial charge in [-0.05, 0) is 30.3 Å². The number of fused-ring (bicyclic) bond motifs is 1. The van der Waals surface area contributed by atoms with E-state index in [1.165, 1.54) is 37.4 Å². The first kappa shape index (κ1) is 14.6. The number of ketones is 1. The van der Waals surface area contributed by atoms with Crippen LogP contribution in [0.3, 0.4) is 0 Å². The third kappa shape index (κ3) is 2.06. The number of aliphatic hydroxyl groups excluding tert-OH is 1. The van der Waals surface area contributed by atoms with Crippen molar-refractivity contribution in [1.82, 2.24) is 0 Å². The van der Waals surface area contributed by atoms with Gasteiger partial charge in [0.2, 0.25) is 12.0 Å². The van der Waals surface area contributed by atoms with Gasteiger partial charge in [0.25, 0.3) is 10.0 Å². The number of nitrogens with zero attached hydrogens (tertiary/aromatic N) is 1. The number of carbonyl (C=O) groups is 1. The van der Waals surface area contributed by atoms with Crippen LogP contribution in [0.15, 0.2) is 53.4 Å². The smallest absolute Gasteiger partial charge is 0.266 e. The van der Waals surface area contributed by atoms with Gasteiger partial charge < -0.3 is 9.84 Å². The number of benzene rings is 2. The molecule has 7 heteroatoms. The Morgan fingerprint density at radius 3 is 2.45 bits per heavy atom. The van der Waals surface area contributed by atoms with Crippen molar-refractivity contribution in [3.8, 4) is 5.75 Å². The van der Waals surface area contributed by atoms with Crippen molar-refractivity contribution in [2.75, 3.05) is 11.4 Å². The highest BCUT2D eigenvalue weighted by molar-refractivity contribution is 7.93. The fourth-order valence-electron chi connectivity index (χ4n) is 2.38. The maximum Gasteiger partial charge on any atom is 0.266 e. The van der Waals surface area contributed by atoms with Crippen molar-refractivity contribution >= 4 is 21.5 Å². The van der Waals surface area contributed by atoms with Gasteiger partial charge in [-0.1, -0.05) is 18.2 Å². The van der Waals surface area contributed by atoms with Crippen molar-refractivity contribution in [1.29, 1.82) is 0 Å². The van der Waals surface area contributed by atoms with Gasteiger partial charge in [0, 0.05) is 0 Å². The summed E-state index contributed by atoms with van der Waals surface area (Å²) >= 11 is 0. The summed E-state index contributed by atoms with van der Waals surface area (Å²) in [5, 5.41) is 10.1. The molecule has 1 aliphatic heterocycles. The van der Waals surface area contributed by atoms with Crippen LogP contribution in [-0.4, -0.2) is 32.6 Å². The molecule has 0 spiro atoms. The summed E-state index contributed by atoms with van der Waals surface area (Å²) in [6.07, 6.45) is -1.77. The molecule has 0 radical (unpaired) electrons. The van der Waals surface area contributed by atoms with E-state index in [1.54, 1.807) is 18.2 Å². The Kier molecular flexibility index (Phi) is 3.38. The monoisotopic (exact) mass is 319 g/mol. The van der Waals surface area contributed by atoms with Crippen LogP contribution >= 0.6 is 0 Å². The maximum atomic E-state index is 12.7. The predicted molar refractivity (Wildman–Crippen MR) is 79.4 cm³/mol. The second kappa shape index (κ2) is 5.11. The summed E-state index contributed by atoms with van der Waals surface area (Å²) < 4.78 is 31.1. The Labute approximate surface area is 127 Å². The number of rotatable bonds is 3. The minimum absolute atomic E-state index is 0.00511. The van der Waals surface area contributed by atoms with Gasteiger partial charge in [0.05, 0.1) is 23.3 Å². The Bertz CT molecular complexity index is 832. The molecule has 1 N–H and O–H groups in total. The molecule has 2 aromatic rings. The van der Waals surface area contributed by atoms with E-state index in [2.05, 4.69) is 0 Å². The van der Waals surface area contributed by atoms with Gasteiger partial charge in [-0.2, -0.15) is 0 Å². The summed E-state index contributed by atoms with van der Waals surface area (Å²) in [5.41, 5.74) is 0.258. The molecule has 6 nitrogen and oxygen atoms in total. The van der Waals surface area contributed by atoms with E-state index < -0.39 is 22.0 Å². The van der Waals surface area contributed by atoms with Gasteiger partial charge >= 0.3 is 0 Å². The fraction of sp³-hybridized carbons (Fsp3) is 0.133. The van der Waals surface area contributed by atoms with E-state index in [1.807, 2.05) is 0 Å². The molecule has 0 saturated heterocycles. The standard InChI is InChI=1S/C15H13NO5S/c1-21-10-7-8-13-12(9-10)14(17)15(18)16(13)22(19,20)11-5-3-2-4-6-11/h2-9,15,18H,1H3. The number of sulfonamides is 1. The van der Waals surface area contributed by atoms with Crippen LogP contribution in [0.5, 0.6) is 5.75 Å². The average molecular weight is 319 g/mol. The van der Waals surface area contributed by atoms with Crippen LogP contribution in [0.1, 0.15) is 10.4 Å². The number of hydrogen-bond donors (Lipinski definition) is 1. The zero-order chi connectivity index (χ0) is 15.9. The molecule has 0 aromatic heterocycles. The summed E-state index contributed by atoms with van der Waals surface area (Å²) in [7, 11) is -2.59. The third-order valence-corrected chi connectivity index (χ3v) is 5.25. The molecule has 0 bridgehead atoms. The summed E-state index contributed by atoms with van der Waals surface area (Å²) in [6, 6.07) is 12.1. The van der Waals surface area contributed by atoms with E-state index in [9.17, 15) is 18.3 Å². The van der Waals surface area contributed by atoms with E-state index in [4.69, 9.17) is 4.74 Å². The molecule has 0 fully saturated rings. The average Bonchev–Trinajstić information content (AvgIpc) is 2.79. The molecule has 114 valence electrons. The first-order valence-corrected chi connectivity index (χ1v) is 7.90. The van der Waals surface area contributed by atoms with Crippen LogP contribution in [0, 0.1) is 0 Å². The second-order valence-electron chi connectivity index (χ2n) is 4.73. The van der Waals surface area contributed by atoms with Gasteiger partial charge in [0.1, 0.15) is 5.75 Å². The van der Waals surface area contributed by atoms with Crippen molar-refractivity contribution in [3.63, 3.8) is 0 Å². The van der Waals surface area contributed by atoms with Gasteiger partial charge in [-0.25, -0.2) is 12.7 Å². The van der Waals surface area contributed by atoms with Crippen LogP contribution in [0.2, 0.25) is 0 Å². The van der Waals surface area contributed by atoms with E-state index >= 15 is 0 Å². The highest BCUT2D eigenvalue weighted by Gasteiger charge is 2.43. The van der Waals surface area contributed by atoms with Gasteiger partial charge in [-0.3, -0.25) is 4.79 Å². The summed E-state index contributed by atoms with van der Waals surface area (Å²) in [4.78, 5) is 12.1. The molecule has 22 heavy (non-hydrogen) atoms. The van der Waals surface area contributed by atoms with Gasteiger partial charge in [0.15, 0.2) is 0 Å². The van der Waals surface area contributed by atoms with E-state index in [0.717, 1.165) is 4.31 Å². The van der Waals surface area contributed by atoms with Gasteiger partial charge in [-0.15, -0.1) is 0 Å². The molecule has 1 aliphatic rings. The van der Waals surface area contributed by atoms with Crippen LogP contribution in [0.4, 0.5) is 5.69 Å². The molecular formula is C15H13NO5S. The molecule has 1 unspecified atom stereocenters. The minimum Gasteiger partial charge on any atom is -0.497 e. The Balaban J connectivity index is 2.16. The predicted octanol–water partition coefficient (Wildman–Crippen LogP) is 1.41. The topological polar surface area (TPSA) is 83.9 Å². The van der Waals surface area contributed by atoms with Crippen LogP contribution in [-0.2, 0) is 10.0 Å². The van der Waals surface area contributed by atoms with Crippen LogP contribution < -0.4 is 9.04 Å².